The number of nitrogens with one attached hydrogen (secondary N) is 2. The lowest BCUT2D eigenvalue weighted by atomic mass is 9.94. The quantitative estimate of drug-likeness (QED) is 0.329. The van der Waals surface area contributed by atoms with Crippen LogP contribution in [0.15, 0.2) is 60.7 Å². The number of aliphatic carboxylic acids is 1. The van der Waals surface area contributed by atoms with Crippen molar-refractivity contribution in [2.45, 2.75) is 18.9 Å². The molecule has 194 valence electrons. The summed E-state index contributed by atoms with van der Waals surface area (Å²) < 4.78 is 5.26. The monoisotopic (exact) mass is 506 g/mol. The Morgan fingerprint density at radius 1 is 1.03 bits per heavy atom. The molecule has 2 heterocycles. The van der Waals surface area contributed by atoms with Crippen molar-refractivity contribution >= 4 is 17.8 Å². The first-order chi connectivity index (χ1) is 17.9. The summed E-state index contributed by atoms with van der Waals surface area (Å²) in [6.07, 6.45) is 0.393. The van der Waals surface area contributed by atoms with Crippen molar-refractivity contribution in [1.82, 2.24) is 20.4 Å². The van der Waals surface area contributed by atoms with Crippen molar-refractivity contribution < 1.29 is 29.3 Å². The van der Waals surface area contributed by atoms with E-state index >= 15 is 0 Å². The van der Waals surface area contributed by atoms with E-state index in [1.807, 2.05) is 54.6 Å². The highest BCUT2D eigenvalue weighted by molar-refractivity contribution is 5.97. The normalized spacial score (nSPS) is 15.1. The summed E-state index contributed by atoms with van der Waals surface area (Å²) in [5.41, 5.74) is 3.24. The number of benzene rings is 2. The number of H-pyrrole nitrogens is 1. The minimum Gasteiger partial charge on any atom is -0.481 e. The van der Waals surface area contributed by atoms with Gasteiger partial charge in [-0.1, -0.05) is 54.6 Å². The van der Waals surface area contributed by atoms with Gasteiger partial charge in [0.05, 0.1) is 25.7 Å². The number of hydrogen-bond acceptors (Lipinski definition) is 6. The number of aliphatic hydroxyl groups is 1. The number of ether oxygens (including phenoxy) is 1. The molecule has 10 heteroatoms. The Hall–Kier alpha value is -4.02. The van der Waals surface area contributed by atoms with Gasteiger partial charge < -0.3 is 25.2 Å². The average Bonchev–Trinajstić information content (AvgIpc) is 3.43. The van der Waals surface area contributed by atoms with Crippen LogP contribution < -0.4 is 5.32 Å². The summed E-state index contributed by atoms with van der Waals surface area (Å²) in [4.78, 5) is 38.8. The van der Waals surface area contributed by atoms with Gasteiger partial charge in [-0.25, -0.2) is 0 Å². The van der Waals surface area contributed by atoms with Crippen LogP contribution in [0.5, 0.6) is 0 Å². The van der Waals surface area contributed by atoms with Crippen molar-refractivity contribution in [3.05, 3.63) is 77.6 Å². The summed E-state index contributed by atoms with van der Waals surface area (Å²) in [7, 11) is 0. The molecule has 0 saturated carbocycles. The number of carboxylic acid groups (broad SMARTS) is 1. The Bertz CT molecular complexity index is 1210. The predicted octanol–water partition coefficient (Wildman–Crippen LogP) is 1.97. The van der Waals surface area contributed by atoms with Crippen molar-refractivity contribution in [1.29, 1.82) is 0 Å². The lowest BCUT2D eigenvalue weighted by molar-refractivity contribution is -0.143. The summed E-state index contributed by atoms with van der Waals surface area (Å²) in [5.74, 6) is -2.98. The van der Waals surface area contributed by atoms with E-state index < -0.39 is 30.4 Å². The van der Waals surface area contributed by atoms with E-state index in [1.165, 1.54) is 6.07 Å². The van der Waals surface area contributed by atoms with Crippen molar-refractivity contribution in [2.24, 2.45) is 5.92 Å². The molecular formula is C27H30N4O6. The third kappa shape index (κ3) is 6.81. The third-order valence-electron chi connectivity index (χ3n) is 6.36. The molecule has 1 aliphatic rings. The molecule has 0 unspecified atom stereocenters. The first-order valence-corrected chi connectivity index (χ1v) is 12.2. The zero-order chi connectivity index (χ0) is 26.2. The zero-order valence-corrected chi connectivity index (χ0v) is 20.3. The van der Waals surface area contributed by atoms with Gasteiger partial charge in [0.2, 0.25) is 0 Å². The Labute approximate surface area is 214 Å². The number of aromatic amines is 1. The van der Waals surface area contributed by atoms with Gasteiger partial charge in [-0.2, -0.15) is 5.10 Å². The van der Waals surface area contributed by atoms with Crippen LogP contribution in [0.1, 0.15) is 33.0 Å². The highest BCUT2D eigenvalue weighted by atomic mass is 16.5. The maximum atomic E-state index is 13.0. The van der Waals surface area contributed by atoms with Gasteiger partial charge in [-0.05, 0) is 29.5 Å². The second kappa shape index (κ2) is 12.3. The molecule has 0 aliphatic carbocycles. The molecule has 3 aromatic rings. The van der Waals surface area contributed by atoms with Crippen LogP contribution in [0, 0.1) is 5.92 Å². The largest absolute Gasteiger partial charge is 0.481 e. The fourth-order valence-corrected chi connectivity index (χ4v) is 4.28. The highest BCUT2D eigenvalue weighted by Gasteiger charge is 2.26. The van der Waals surface area contributed by atoms with Gasteiger partial charge in [-0.3, -0.25) is 19.5 Å². The minimum atomic E-state index is -1.14. The number of rotatable bonds is 10. The topological polar surface area (TPSA) is 145 Å². The average molecular weight is 507 g/mol. The summed E-state index contributed by atoms with van der Waals surface area (Å²) in [5, 5.41) is 28.5. The van der Waals surface area contributed by atoms with E-state index in [9.17, 15) is 24.6 Å². The molecule has 0 radical (unpaired) electrons. The second-order valence-electron chi connectivity index (χ2n) is 8.96. The Morgan fingerprint density at radius 3 is 2.35 bits per heavy atom. The van der Waals surface area contributed by atoms with E-state index in [1.54, 1.807) is 4.90 Å². The molecular weight excluding hydrogens is 476 g/mol. The molecule has 2 atom stereocenters. The number of nitrogens with zero attached hydrogens (tertiary/aromatic N) is 2. The molecule has 1 aliphatic heterocycles. The fraction of sp³-hybridized carbons (Fsp3) is 0.333. The first-order valence-electron chi connectivity index (χ1n) is 12.2. The van der Waals surface area contributed by atoms with Gasteiger partial charge >= 0.3 is 5.97 Å². The third-order valence-corrected chi connectivity index (χ3v) is 6.36. The van der Waals surface area contributed by atoms with Crippen LogP contribution >= 0.6 is 0 Å². The number of aromatic nitrogens is 2. The highest BCUT2D eigenvalue weighted by Crippen LogP contribution is 2.21. The van der Waals surface area contributed by atoms with Crippen LogP contribution in [-0.4, -0.2) is 82.0 Å². The van der Waals surface area contributed by atoms with E-state index in [0.717, 1.165) is 16.7 Å². The molecule has 2 aromatic carbocycles. The van der Waals surface area contributed by atoms with Gasteiger partial charge in [0, 0.05) is 25.2 Å². The number of amides is 2. The second-order valence-corrected chi connectivity index (χ2v) is 8.96. The number of carboxylic acids is 1. The lowest BCUT2D eigenvalue weighted by Gasteiger charge is -2.25. The number of morpholine rings is 1. The van der Waals surface area contributed by atoms with E-state index in [4.69, 9.17) is 4.74 Å². The SMILES string of the molecule is O=C(N[C@H](Cc1ccc(-c2ccccc2)cc1)C[C@@H](CO)C(=O)O)c1cc(C(=O)N2CCOCC2)n[nH]1. The maximum absolute atomic E-state index is 13.0. The van der Waals surface area contributed by atoms with Crippen LogP contribution in [0.4, 0.5) is 0 Å². The summed E-state index contributed by atoms with van der Waals surface area (Å²) >= 11 is 0. The zero-order valence-electron chi connectivity index (χ0n) is 20.3. The number of carbonyl (C=O) groups excluding carboxylic acids is 2. The van der Waals surface area contributed by atoms with E-state index in [2.05, 4.69) is 15.5 Å². The van der Waals surface area contributed by atoms with Crippen LogP contribution in [0.25, 0.3) is 11.1 Å². The number of hydrogen-bond donors (Lipinski definition) is 4. The number of carbonyl (C=O) groups is 3. The van der Waals surface area contributed by atoms with Crippen LogP contribution in [0.3, 0.4) is 0 Å². The van der Waals surface area contributed by atoms with Gasteiger partial charge in [0.1, 0.15) is 5.69 Å². The molecule has 1 aromatic heterocycles. The van der Waals surface area contributed by atoms with Gasteiger partial charge in [-0.15, -0.1) is 0 Å². The Morgan fingerprint density at radius 2 is 1.70 bits per heavy atom. The Kier molecular flexibility index (Phi) is 8.65. The molecule has 10 nitrogen and oxygen atoms in total. The lowest BCUT2D eigenvalue weighted by Crippen LogP contribution is -2.41. The summed E-state index contributed by atoms with van der Waals surface area (Å²) in [6.45, 7) is 1.27. The van der Waals surface area contributed by atoms with E-state index in [-0.39, 0.29) is 23.7 Å². The van der Waals surface area contributed by atoms with Crippen molar-refractivity contribution in [3.8, 4) is 11.1 Å². The fourth-order valence-electron chi connectivity index (χ4n) is 4.28. The molecule has 0 bridgehead atoms. The van der Waals surface area contributed by atoms with Crippen molar-refractivity contribution in [2.75, 3.05) is 32.9 Å². The van der Waals surface area contributed by atoms with E-state index in [0.29, 0.717) is 32.7 Å². The van der Waals surface area contributed by atoms with Gasteiger partial charge in [0.25, 0.3) is 11.8 Å². The van der Waals surface area contributed by atoms with Crippen molar-refractivity contribution in [3.63, 3.8) is 0 Å². The Balaban J connectivity index is 1.46. The molecule has 4 rings (SSSR count). The molecule has 0 spiro atoms. The molecule has 1 fully saturated rings. The minimum absolute atomic E-state index is 0.0334. The van der Waals surface area contributed by atoms with Gasteiger partial charge in [0.15, 0.2) is 5.69 Å². The number of aliphatic hydroxyl groups excluding tert-OH is 1. The maximum Gasteiger partial charge on any atom is 0.308 e. The first kappa shape index (κ1) is 26.1. The van der Waals surface area contributed by atoms with Crippen LogP contribution in [-0.2, 0) is 16.0 Å². The molecule has 2 amide bonds. The predicted molar refractivity (Wildman–Crippen MR) is 135 cm³/mol. The molecule has 1 saturated heterocycles. The smallest absolute Gasteiger partial charge is 0.308 e. The standard InChI is InChI=1S/C27H30N4O6/c32-17-21(27(35)36)15-22(14-18-6-8-20(9-7-18)19-4-2-1-3-5-19)28-25(33)23-16-24(30-29-23)26(34)31-10-12-37-13-11-31/h1-9,16,21-22,32H,10-15,17H2,(H,28,33)(H,29,30)(H,35,36)/t21-,22+/m0/s1. The molecule has 37 heavy (non-hydrogen) atoms. The summed E-state index contributed by atoms with van der Waals surface area (Å²) in [6, 6.07) is 18.5. The van der Waals surface area contributed by atoms with Crippen LogP contribution in [0.2, 0.25) is 0 Å². The molecule has 4 N–H and O–H groups in total.